The summed E-state index contributed by atoms with van der Waals surface area (Å²) in [6, 6.07) is 0. The molecule has 0 saturated heterocycles. The molecule has 2 unspecified atom stereocenters. The molecule has 0 bridgehead atoms. The highest BCUT2D eigenvalue weighted by atomic mass is 19.4. The van der Waals surface area contributed by atoms with E-state index in [1.165, 1.54) is 0 Å². The summed E-state index contributed by atoms with van der Waals surface area (Å²) in [6.45, 7) is 0.237. The Morgan fingerprint density at radius 3 is 1.69 bits per heavy atom. The Hall–Kier alpha value is -0.600. The Labute approximate surface area is 85.4 Å². The fraction of sp³-hybridized carbons (Fsp3) is 1.00. The van der Waals surface area contributed by atoms with Crippen LogP contribution in [-0.2, 0) is 4.74 Å². The molecule has 16 heavy (non-hydrogen) atoms. The van der Waals surface area contributed by atoms with Crippen LogP contribution in [0.1, 0.15) is 6.92 Å². The average molecular weight is 260 g/mol. The minimum Gasteiger partial charge on any atom is -0.369 e. The van der Waals surface area contributed by atoms with Crippen LogP contribution < -0.4 is 0 Å². The van der Waals surface area contributed by atoms with Gasteiger partial charge in [-0.15, -0.1) is 0 Å². The van der Waals surface area contributed by atoms with E-state index in [9.17, 15) is 35.1 Å². The van der Waals surface area contributed by atoms with Crippen molar-refractivity contribution in [3.05, 3.63) is 0 Å². The first kappa shape index (κ1) is 15.4. The van der Waals surface area contributed by atoms with Crippen molar-refractivity contribution in [1.82, 2.24) is 0 Å². The number of hydrogen-bond donors (Lipinski definition) is 0. The second-order valence-corrected chi connectivity index (χ2v) is 2.79. The van der Waals surface area contributed by atoms with Crippen LogP contribution in [0.2, 0.25) is 0 Å². The van der Waals surface area contributed by atoms with E-state index in [0.29, 0.717) is 0 Å². The van der Waals surface area contributed by atoms with Crippen LogP contribution in [-0.4, -0.2) is 37.4 Å². The van der Waals surface area contributed by atoms with Crippen molar-refractivity contribution in [2.45, 2.75) is 37.7 Å². The highest BCUT2D eigenvalue weighted by Crippen LogP contribution is 2.37. The summed E-state index contributed by atoms with van der Waals surface area (Å²) in [7, 11) is 0. The molecule has 0 N–H and O–H groups in total. The lowest BCUT2D eigenvalue weighted by molar-refractivity contribution is -0.275. The van der Waals surface area contributed by atoms with Crippen molar-refractivity contribution >= 4 is 0 Å². The number of halogens is 8. The van der Waals surface area contributed by atoms with E-state index >= 15 is 0 Å². The minimum absolute atomic E-state index is 0.747. The molecule has 9 heteroatoms. The van der Waals surface area contributed by atoms with Crippen molar-refractivity contribution in [3.63, 3.8) is 0 Å². The molecule has 0 aromatic rings. The molecule has 0 radical (unpaired) electrons. The van der Waals surface area contributed by atoms with Gasteiger partial charge in [0.2, 0.25) is 6.17 Å². The molecule has 0 aliphatic rings. The van der Waals surface area contributed by atoms with Crippen molar-refractivity contribution in [2.24, 2.45) is 0 Å². The Bertz CT molecular complexity index is 213. The van der Waals surface area contributed by atoms with Gasteiger partial charge in [-0.05, 0) is 6.92 Å². The van der Waals surface area contributed by atoms with E-state index in [1.54, 1.807) is 0 Å². The molecule has 0 aliphatic heterocycles. The van der Waals surface area contributed by atoms with Gasteiger partial charge in [-0.25, -0.2) is 13.2 Å². The number of rotatable bonds is 5. The molecule has 0 saturated carbocycles. The Morgan fingerprint density at radius 2 is 1.44 bits per heavy atom. The molecular weight excluding hydrogens is 252 g/mol. The SMILES string of the molecule is CCOC(C(F)C(F)(F)F)C(F)(F)C(F)F. The first-order chi connectivity index (χ1) is 7.05. The predicted octanol–water partition coefficient (Wildman–Crippen LogP) is 3.19. The third-order valence-corrected chi connectivity index (χ3v) is 1.60. The summed E-state index contributed by atoms with van der Waals surface area (Å²) in [5, 5.41) is 0. The molecule has 0 rings (SSSR count). The van der Waals surface area contributed by atoms with Crippen LogP contribution in [0.3, 0.4) is 0 Å². The third-order valence-electron chi connectivity index (χ3n) is 1.60. The summed E-state index contributed by atoms with van der Waals surface area (Å²) in [5.74, 6) is -5.20. The topological polar surface area (TPSA) is 9.23 Å². The van der Waals surface area contributed by atoms with Gasteiger partial charge in [0.25, 0.3) is 0 Å². The fourth-order valence-electron chi connectivity index (χ4n) is 0.866. The standard InChI is InChI=1S/C7H8F8O/c1-2-16-4(3(8)7(13,14)15)6(11,12)5(9)10/h3-5H,2H2,1H3. The van der Waals surface area contributed by atoms with Crippen LogP contribution in [0, 0.1) is 0 Å². The first-order valence-electron chi connectivity index (χ1n) is 4.03. The Balaban J connectivity index is 5.01. The maximum Gasteiger partial charge on any atom is 0.422 e. The molecule has 0 spiro atoms. The monoisotopic (exact) mass is 260 g/mol. The molecule has 0 heterocycles. The second kappa shape index (κ2) is 5.15. The zero-order valence-electron chi connectivity index (χ0n) is 7.87. The molecule has 98 valence electrons. The number of hydrogen-bond acceptors (Lipinski definition) is 1. The van der Waals surface area contributed by atoms with E-state index < -0.39 is 37.4 Å². The van der Waals surface area contributed by atoms with Gasteiger partial charge in [-0.3, -0.25) is 0 Å². The smallest absolute Gasteiger partial charge is 0.369 e. The second-order valence-electron chi connectivity index (χ2n) is 2.79. The molecule has 0 aromatic carbocycles. The first-order valence-corrected chi connectivity index (χ1v) is 4.03. The molecular formula is C7H8F8O. The highest BCUT2D eigenvalue weighted by Gasteiger charge is 2.60. The summed E-state index contributed by atoms with van der Waals surface area (Å²) in [5.41, 5.74) is 0. The maximum atomic E-state index is 12.6. The quantitative estimate of drug-likeness (QED) is 0.690. The Kier molecular flexibility index (Phi) is 4.96. The van der Waals surface area contributed by atoms with Crippen molar-refractivity contribution in [1.29, 1.82) is 0 Å². The minimum atomic E-state index is -5.68. The fourth-order valence-corrected chi connectivity index (χ4v) is 0.866. The largest absolute Gasteiger partial charge is 0.422 e. The van der Waals surface area contributed by atoms with Gasteiger partial charge in [0.05, 0.1) is 0 Å². The van der Waals surface area contributed by atoms with Crippen molar-refractivity contribution < 1.29 is 39.9 Å². The zero-order valence-corrected chi connectivity index (χ0v) is 7.87. The number of alkyl halides is 8. The van der Waals surface area contributed by atoms with Gasteiger partial charge >= 0.3 is 18.5 Å². The molecule has 0 fully saturated rings. The lowest BCUT2D eigenvalue weighted by Gasteiger charge is -2.29. The predicted molar refractivity (Wildman–Crippen MR) is 37.3 cm³/mol. The van der Waals surface area contributed by atoms with Crippen molar-refractivity contribution in [3.8, 4) is 0 Å². The van der Waals surface area contributed by atoms with E-state index in [-0.39, 0.29) is 0 Å². The van der Waals surface area contributed by atoms with Crippen LogP contribution in [0.15, 0.2) is 0 Å². The third kappa shape index (κ3) is 3.46. The van der Waals surface area contributed by atoms with E-state index in [0.717, 1.165) is 6.92 Å². The lowest BCUT2D eigenvalue weighted by Crippen LogP contribution is -2.52. The summed E-state index contributed by atoms with van der Waals surface area (Å²) >= 11 is 0. The molecule has 0 aliphatic carbocycles. The van der Waals surface area contributed by atoms with Gasteiger partial charge in [0.15, 0.2) is 6.10 Å². The van der Waals surface area contributed by atoms with Gasteiger partial charge in [0.1, 0.15) is 0 Å². The normalized spacial score (nSPS) is 17.6. The summed E-state index contributed by atoms with van der Waals surface area (Å²) < 4.78 is 100. The van der Waals surface area contributed by atoms with E-state index in [2.05, 4.69) is 4.74 Å². The average Bonchev–Trinajstić information content (AvgIpc) is 2.11. The van der Waals surface area contributed by atoms with Gasteiger partial charge in [-0.1, -0.05) is 0 Å². The lowest BCUT2D eigenvalue weighted by atomic mass is 10.1. The summed E-state index contributed by atoms with van der Waals surface area (Å²) in [4.78, 5) is 0. The zero-order chi connectivity index (χ0) is 13.1. The van der Waals surface area contributed by atoms with Crippen LogP contribution in [0.5, 0.6) is 0 Å². The van der Waals surface area contributed by atoms with Gasteiger partial charge < -0.3 is 4.74 Å². The van der Waals surface area contributed by atoms with Crippen LogP contribution in [0.25, 0.3) is 0 Å². The van der Waals surface area contributed by atoms with Gasteiger partial charge in [0, 0.05) is 6.61 Å². The van der Waals surface area contributed by atoms with Gasteiger partial charge in [-0.2, -0.15) is 22.0 Å². The molecule has 0 aromatic heterocycles. The van der Waals surface area contributed by atoms with Crippen LogP contribution >= 0.6 is 0 Å². The Morgan fingerprint density at radius 1 is 1.00 bits per heavy atom. The molecule has 0 amide bonds. The molecule has 1 nitrogen and oxygen atoms in total. The molecule has 2 atom stereocenters. The highest BCUT2D eigenvalue weighted by molar-refractivity contribution is 4.90. The summed E-state index contributed by atoms with van der Waals surface area (Å²) in [6.07, 6.45) is -17.8. The van der Waals surface area contributed by atoms with E-state index in [1.807, 2.05) is 0 Å². The maximum absolute atomic E-state index is 12.6. The van der Waals surface area contributed by atoms with Crippen LogP contribution in [0.4, 0.5) is 35.1 Å². The van der Waals surface area contributed by atoms with Crippen molar-refractivity contribution in [2.75, 3.05) is 6.61 Å². The number of ether oxygens (including phenoxy) is 1. The van der Waals surface area contributed by atoms with E-state index in [4.69, 9.17) is 0 Å².